The van der Waals surface area contributed by atoms with E-state index in [9.17, 15) is 30.4 Å². The van der Waals surface area contributed by atoms with Crippen LogP contribution in [0.4, 0.5) is 22.0 Å². The van der Waals surface area contributed by atoms with Crippen molar-refractivity contribution in [2.45, 2.75) is 29.7 Å². The number of rotatable bonds is 6. The van der Waals surface area contributed by atoms with Crippen LogP contribution in [0.2, 0.25) is 0 Å². The van der Waals surface area contributed by atoms with Crippen molar-refractivity contribution in [3.63, 3.8) is 0 Å². The molecule has 1 saturated heterocycles. The van der Waals surface area contributed by atoms with Gasteiger partial charge in [0.15, 0.2) is 5.60 Å². The average Bonchev–Trinajstić information content (AvgIpc) is 3.47. The predicted molar refractivity (Wildman–Crippen MR) is 108 cm³/mol. The molecule has 3 aromatic carbocycles. The third-order valence-electron chi connectivity index (χ3n) is 5.37. The molecule has 0 amide bonds. The molecule has 1 aliphatic heterocycles. The maximum Gasteiger partial charge on any atom is 0.416 e. The molecule has 0 N–H and O–H groups in total. The van der Waals surface area contributed by atoms with Crippen molar-refractivity contribution in [1.82, 2.24) is 0 Å². The summed E-state index contributed by atoms with van der Waals surface area (Å²) in [6.45, 7) is 0.937. The van der Waals surface area contributed by atoms with Gasteiger partial charge in [-0.15, -0.1) is 0 Å². The Kier molecular flexibility index (Phi) is 5.80. The number of halogens is 5. The van der Waals surface area contributed by atoms with Crippen molar-refractivity contribution in [1.29, 1.82) is 0 Å². The maximum absolute atomic E-state index is 14.6. The van der Waals surface area contributed by atoms with Crippen molar-refractivity contribution < 1.29 is 39.3 Å². The minimum Gasteiger partial charge on any atom is -0.353 e. The zero-order valence-electron chi connectivity index (χ0n) is 17.1. The zero-order chi connectivity index (χ0) is 24.0. The number of epoxide rings is 1. The van der Waals surface area contributed by atoms with E-state index >= 15 is 0 Å². The first-order valence-corrected chi connectivity index (χ1v) is 11.1. The van der Waals surface area contributed by atoms with Gasteiger partial charge >= 0.3 is 6.18 Å². The molecule has 4 rings (SSSR count). The summed E-state index contributed by atoms with van der Waals surface area (Å²) in [5, 5.41) is 0. The van der Waals surface area contributed by atoms with Gasteiger partial charge in [0.1, 0.15) is 24.3 Å². The van der Waals surface area contributed by atoms with Crippen LogP contribution in [0.15, 0.2) is 71.6 Å². The first-order chi connectivity index (χ1) is 15.4. The van der Waals surface area contributed by atoms with Gasteiger partial charge in [-0.1, -0.05) is 42.0 Å². The Morgan fingerprint density at radius 1 is 1.00 bits per heavy atom. The summed E-state index contributed by atoms with van der Waals surface area (Å²) in [7, 11) is -4.34. The van der Waals surface area contributed by atoms with Gasteiger partial charge in [-0.05, 0) is 36.8 Å². The lowest BCUT2D eigenvalue weighted by atomic mass is 9.90. The average molecular weight is 484 g/mol. The first kappa shape index (κ1) is 23.3. The Morgan fingerprint density at radius 3 is 2.30 bits per heavy atom. The lowest BCUT2D eigenvalue weighted by Crippen LogP contribution is -2.23. The summed E-state index contributed by atoms with van der Waals surface area (Å²) in [6.07, 6.45) is -6.10. The standard InChI is InChI=1S/C23H17F5O4S/c1-14-6-9-16(10-7-14)33(29,30)31-13-22(19-11-8-15(24)12-20(19)25)21(32-22)17-4-2-3-5-18(17)23(26,27)28/h2-12,21H,13H2,1H3/t21-,22+/m0/s1. The largest absolute Gasteiger partial charge is 0.416 e. The molecule has 0 unspecified atom stereocenters. The molecule has 10 heteroatoms. The highest BCUT2D eigenvalue weighted by Crippen LogP contribution is 2.59. The van der Waals surface area contributed by atoms with E-state index in [1.807, 2.05) is 0 Å². The smallest absolute Gasteiger partial charge is 0.353 e. The highest BCUT2D eigenvalue weighted by atomic mass is 32.2. The molecule has 33 heavy (non-hydrogen) atoms. The lowest BCUT2D eigenvalue weighted by molar-refractivity contribution is -0.138. The van der Waals surface area contributed by atoms with Crippen LogP contribution in [0.1, 0.15) is 28.4 Å². The molecule has 0 aliphatic carbocycles. The van der Waals surface area contributed by atoms with E-state index in [4.69, 9.17) is 8.92 Å². The van der Waals surface area contributed by atoms with Crippen molar-refractivity contribution in [2.24, 2.45) is 0 Å². The molecule has 174 valence electrons. The predicted octanol–water partition coefficient (Wildman–Crippen LogP) is 5.66. The number of hydrogen-bond acceptors (Lipinski definition) is 4. The van der Waals surface area contributed by atoms with Gasteiger partial charge in [0.2, 0.25) is 0 Å². The van der Waals surface area contributed by atoms with Crippen molar-refractivity contribution in [3.8, 4) is 0 Å². The van der Waals surface area contributed by atoms with Crippen LogP contribution in [0.5, 0.6) is 0 Å². The zero-order valence-corrected chi connectivity index (χ0v) is 17.9. The SMILES string of the molecule is Cc1ccc(S(=O)(=O)OC[C@]2(c3ccc(F)cc3F)O[C@H]2c2ccccc2C(F)(F)F)cc1. The summed E-state index contributed by atoms with van der Waals surface area (Å²) >= 11 is 0. The van der Waals surface area contributed by atoms with Gasteiger partial charge in [-0.2, -0.15) is 21.6 Å². The molecule has 0 aromatic heterocycles. The quantitative estimate of drug-likeness (QED) is 0.257. The van der Waals surface area contributed by atoms with E-state index in [-0.39, 0.29) is 16.0 Å². The molecule has 4 nitrogen and oxygen atoms in total. The monoisotopic (exact) mass is 484 g/mol. The lowest BCUT2D eigenvalue weighted by Gasteiger charge is -2.17. The second-order valence-electron chi connectivity index (χ2n) is 7.63. The molecule has 3 aromatic rings. The molecule has 2 atom stereocenters. The minimum atomic E-state index is -4.73. The van der Waals surface area contributed by atoms with Crippen LogP contribution in [-0.4, -0.2) is 15.0 Å². The van der Waals surface area contributed by atoms with Crippen molar-refractivity contribution in [2.75, 3.05) is 6.61 Å². The number of aryl methyl sites for hydroxylation is 1. The Hall–Kier alpha value is -2.82. The van der Waals surface area contributed by atoms with Gasteiger partial charge < -0.3 is 4.74 Å². The van der Waals surface area contributed by atoms with Crippen LogP contribution in [-0.2, 0) is 30.8 Å². The Morgan fingerprint density at radius 2 is 1.67 bits per heavy atom. The van der Waals surface area contributed by atoms with Gasteiger partial charge in [0.25, 0.3) is 10.1 Å². The minimum absolute atomic E-state index is 0.185. The summed E-state index contributed by atoms with van der Waals surface area (Å²) in [5.41, 5.74) is -2.75. The molecular formula is C23H17F5O4S. The van der Waals surface area contributed by atoms with Crippen LogP contribution >= 0.6 is 0 Å². The topological polar surface area (TPSA) is 55.9 Å². The highest BCUT2D eigenvalue weighted by Gasteiger charge is 2.62. The maximum atomic E-state index is 14.6. The molecule has 0 spiro atoms. The summed E-state index contributed by atoms with van der Waals surface area (Å²) < 4.78 is 105. The first-order valence-electron chi connectivity index (χ1n) is 9.70. The van der Waals surface area contributed by atoms with Crippen molar-refractivity contribution >= 4 is 10.1 Å². The molecule has 1 fully saturated rings. The Labute approximate surface area is 186 Å². The van der Waals surface area contributed by atoms with E-state index < -0.39 is 51.8 Å². The summed E-state index contributed by atoms with van der Waals surface area (Å²) in [6, 6.07) is 12.7. The molecule has 1 aliphatic rings. The number of ether oxygens (including phenoxy) is 1. The molecule has 0 bridgehead atoms. The van der Waals surface area contributed by atoms with Crippen LogP contribution < -0.4 is 0 Å². The third-order valence-corrected chi connectivity index (χ3v) is 6.65. The second-order valence-corrected chi connectivity index (χ2v) is 9.24. The highest BCUT2D eigenvalue weighted by molar-refractivity contribution is 7.86. The molecule has 0 saturated carbocycles. The van der Waals surface area contributed by atoms with Crippen LogP contribution in [0, 0.1) is 18.6 Å². The normalized spacial score (nSPS) is 20.6. The van der Waals surface area contributed by atoms with Gasteiger partial charge in [0, 0.05) is 11.6 Å². The Balaban J connectivity index is 1.73. The van der Waals surface area contributed by atoms with E-state index in [1.54, 1.807) is 19.1 Å². The Bertz CT molecular complexity index is 1290. The number of benzene rings is 3. The van der Waals surface area contributed by atoms with Crippen LogP contribution in [0.3, 0.4) is 0 Å². The second kappa shape index (κ2) is 8.19. The van der Waals surface area contributed by atoms with Gasteiger partial charge in [-0.25, -0.2) is 8.78 Å². The fourth-order valence-electron chi connectivity index (χ4n) is 3.64. The van der Waals surface area contributed by atoms with Crippen molar-refractivity contribution in [3.05, 3.63) is 101 Å². The number of alkyl halides is 3. The third kappa shape index (κ3) is 4.50. The fourth-order valence-corrected chi connectivity index (χ4v) is 4.57. The fraction of sp³-hybridized carbons (Fsp3) is 0.217. The van der Waals surface area contributed by atoms with E-state index in [0.29, 0.717) is 6.07 Å². The summed E-state index contributed by atoms with van der Waals surface area (Å²) in [5.74, 6) is -2.01. The van der Waals surface area contributed by atoms with Crippen LogP contribution in [0.25, 0.3) is 0 Å². The van der Waals surface area contributed by atoms with Gasteiger partial charge in [0.05, 0.1) is 10.5 Å². The van der Waals surface area contributed by atoms with E-state index in [1.165, 1.54) is 24.3 Å². The molecule has 0 radical (unpaired) electrons. The number of hydrogen-bond donors (Lipinski definition) is 0. The van der Waals surface area contributed by atoms with Gasteiger partial charge in [-0.3, -0.25) is 4.18 Å². The molecule has 1 heterocycles. The van der Waals surface area contributed by atoms with E-state index in [2.05, 4.69) is 0 Å². The summed E-state index contributed by atoms with van der Waals surface area (Å²) in [4.78, 5) is -0.185. The van der Waals surface area contributed by atoms with E-state index in [0.717, 1.165) is 29.8 Å². The molecular weight excluding hydrogens is 467 g/mol.